The average Bonchev–Trinajstić information content (AvgIpc) is 2.37. The standard InChI is InChI=1S/C13H8BrFN2O/c14-11-5-2-6-17(13(11)18)8-10-4-1-3-9(7-16)12(10)15/h1-6H,8H2. The van der Waals surface area contributed by atoms with Crippen molar-refractivity contribution in [1.82, 2.24) is 4.57 Å². The molecule has 1 aromatic heterocycles. The summed E-state index contributed by atoms with van der Waals surface area (Å²) in [6, 6.07) is 9.66. The van der Waals surface area contributed by atoms with E-state index in [-0.39, 0.29) is 17.7 Å². The normalized spacial score (nSPS) is 10.1. The summed E-state index contributed by atoms with van der Waals surface area (Å²) < 4.78 is 15.6. The number of nitriles is 1. The van der Waals surface area contributed by atoms with Crippen molar-refractivity contribution in [2.75, 3.05) is 0 Å². The number of hydrogen-bond donors (Lipinski definition) is 0. The molecule has 0 saturated heterocycles. The lowest BCUT2D eigenvalue weighted by Crippen LogP contribution is -2.20. The lowest BCUT2D eigenvalue weighted by Gasteiger charge is -2.07. The second-order valence-corrected chi connectivity index (χ2v) is 4.53. The fraction of sp³-hybridized carbons (Fsp3) is 0.0769. The minimum Gasteiger partial charge on any atom is -0.310 e. The summed E-state index contributed by atoms with van der Waals surface area (Å²) in [6.07, 6.45) is 1.57. The van der Waals surface area contributed by atoms with Crippen molar-refractivity contribution in [2.45, 2.75) is 6.54 Å². The SMILES string of the molecule is N#Cc1cccc(Cn2cccc(Br)c2=O)c1F. The molecule has 0 radical (unpaired) electrons. The molecule has 2 rings (SSSR count). The van der Waals surface area contributed by atoms with E-state index in [1.807, 2.05) is 0 Å². The van der Waals surface area contributed by atoms with Crippen LogP contribution in [0.1, 0.15) is 11.1 Å². The van der Waals surface area contributed by atoms with Gasteiger partial charge in [0, 0.05) is 11.8 Å². The van der Waals surface area contributed by atoms with Crippen molar-refractivity contribution in [3.05, 3.63) is 68.3 Å². The molecule has 0 saturated carbocycles. The lowest BCUT2D eigenvalue weighted by molar-refractivity contribution is 0.592. The fourth-order valence-corrected chi connectivity index (χ4v) is 1.98. The Kier molecular flexibility index (Phi) is 3.58. The van der Waals surface area contributed by atoms with E-state index in [2.05, 4.69) is 15.9 Å². The predicted molar refractivity (Wildman–Crippen MR) is 68.6 cm³/mol. The topological polar surface area (TPSA) is 45.8 Å². The van der Waals surface area contributed by atoms with Crippen molar-refractivity contribution >= 4 is 15.9 Å². The molecule has 0 atom stereocenters. The highest BCUT2D eigenvalue weighted by molar-refractivity contribution is 9.10. The predicted octanol–water partition coefficient (Wildman–Crippen LogP) is 2.67. The van der Waals surface area contributed by atoms with Gasteiger partial charge in [0.2, 0.25) is 0 Å². The van der Waals surface area contributed by atoms with Gasteiger partial charge in [-0.15, -0.1) is 0 Å². The van der Waals surface area contributed by atoms with Crippen LogP contribution in [0.5, 0.6) is 0 Å². The quantitative estimate of drug-likeness (QED) is 0.856. The van der Waals surface area contributed by atoms with Crippen molar-refractivity contribution in [1.29, 1.82) is 5.26 Å². The zero-order chi connectivity index (χ0) is 13.1. The van der Waals surface area contributed by atoms with E-state index in [0.717, 1.165) is 0 Å². The third-order valence-electron chi connectivity index (χ3n) is 2.51. The molecular formula is C13H8BrFN2O. The van der Waals surface area contributed by atoms with Crippen LogP contribution >= 0.6 is 15.9 Å². The molecule has 3 nitrogen and oxygen atoms in total. The maximum absolute atomic E-state index is 13.8. The number of nitrogens with zero attached hydrogens (tertiary/aromatic N) is 2. The van der Waals surface area contributed by atoms with Crippen LogP contribution < -0.4 is 5.56 Å². The largest absolute Gasteiger partial charge is 0.310 e. The molecule has 1 heterocycles. The second-order valence-electron chi connectivity index (χ2n) is 3.68. The van der Waals surface area contributed by atoms with Crippen LogP contribution in [0.2, 0.25) is 0 Å². The molecule has 0 spiro atoms. The Balaban J connectivity index is 2.44. The third kappa shape index (κ3) is 2.34. The van der Waals surface area contributed by atoms with Gasteiger partial charge in [-0.1, -0.05) is 12.1 Å². The Morgan fingerprint density at radius 3 is 2.83 bits per heavy atom. The van der Waals surface area contributed by atoms with Gasteiger partial charge in [-0.2, -0.15) is 5.26 Å². The summed E-state index contributed by atoms with van der Waals surface area (Å²) in [5.74, 6) is -0.577. The van der Waals surface area contributed by atoms with Crippen molar-refractivity contribution in [3.8, 4) is 6.07 Å². The van der Waals surface area contributed by atoms with Crippen LogP contribution in [-0.4, -0.2) is 4.57 Å². The smallest absolute Gasteiger partial charge is 0.265 e. The number of hydrogen-bond acceptors (Lipinski definition) is 2. The molecule has 5 heteroatoms. The summed E-state index contributed by atoms with van der Waals surface area (Å²) in [6.45, 7) is 0.0969. The van der Waals surface area contributed by atoms with E-state index in [4.69, 9.17) is 5.26 Å². The van der Waals surface area contributed by atoms with E-state index in [9.17, 15) is 9.18 Å². The van der Waals surface area contributed by atoms with Crippen molar-refractivity contribution < 1.29 is 4.39 Å². The summed E-state index contributed by atoms with van der Waals surface area (Å²) in [5.41, 5.74) is 0.0593. The molecule has 1 aromatic carbocycles. The van der Waals surface area contributed by atoms with Crippen LogP contribution in [0.3, 0.4) is 0 Å². The lowest BCUT2D eigenvalue weighted by atomic mass is 10.1. The van der Waals surface area contributed by atoms with Crippen LogP contribution in [0.4, 0.5) is 4.39 Å². The first-order chi connectivity index (χ1) is 8.63. The Morgan fingerprint density at radius 1 is 1.33 bits per heavy atom. The van der Waals surface area contributed by atoms with Crippen molar-refractivity contribution in [2.24, 2.45) is 0 Å². The Hall–Kier alpha value is -1.93. The molecule has 0 unspecified atom stereocenters. The van der Waals surface area contributed by atoms with E-state index in [1.54, 1.807) is 36.5 Å². The molecule has 0 amide bonds. The van der Waals surface area contributed by atoms with E-state index in [0.29, 0.717) is 10.0 Å². The number of benzene rings is 1. The van der Waals surface area contributed by atoms with Crippen LogP contribution in [-0.2, 0) is 6.54 Å². The number of rotatable bonds is 2. The van der Waals surface area contributed by atoms with Gasteiger partial charge < -0.3 is 4.57 Å². The molecule has 2 aromatic rings. The summed E-state index contributed by atoms with van der Waals surface area (Å²) in [5, 5.41) is 8.74. The molecule has 90 valence electrons. The highest BCUT2D eigenvalue weighted by Gasteiger charge is 2.09. The zero-order valence-corrected chi connectivity index (χ0v) is 10.8. The summed E-state index contributed by atoms with van der Waals surface area (Å²) >= 11 is 3.13. The maximum atomic E-state index is 13.8. The molecular weight excluding hydrogens is 299 g/mol. The van der Waals surface area contributed by atoms with Gasteiger partial charge >= 0.3 is 0 Å². The van der Waals surface area contributed by atoms with E-state index >= 15 is 0 Å². The van der Waals surface area contributed by atoms with Crippen LogP contribution in [0, 0.1) is 17.1 Å². The molecule has 0 aliphatic rings. The molecule has 0 aliphatic heterocycles. The Labute approximate surface area is 111 Å². The minimum absolute atomic E-state index is 0.0180. The van der Waals surface area contributed by atoms with E-state index < -0.39 is 5.82 Å². The van der Waals surface area contributed by atoms with Gasteiger partial charge in [0.1, 0.15) is 11.9 Å². The summed E-state index contributed by atoms with van der Waals surface area (Å²) in [4.78, 5) is 11.8. The maximum Gasteiger partial charge on any atom is 0.265 e. The highest BCUT2D eigenvalue weighted by Crippen LogP contribution is 2.13. The Morgan fingerprint density at radius 2 is 2.11 bits per heavy atom. The van der Waals surface area contributed by atoms with Crippen LogP contribution in [0.15, 0.2) is 45.8 Å². The van der Waals surface area contributed by atoms with Gasteiger partial charge in [-0.25, -0.2) is 4.39 Å². The average molecular weight is 307 g/mol. The first-order valence-electron chi connectivity index (χ1n) is 5.16. The van der Waals surface area contributed by atoms with Gasteiger partial charge in [0.05, 0.1) is 16.6 Å². The van der Waals surface area contributed by atoms with E-state index in [1.165, 1.54) is 10.6 Å². The number of pyridine rings is 1. The third-order valence-corrected chi connectivity index (χ3v) is 3.12. The monoisotopic (exact) mass is 306 g/mol. The molecule has 0 N–H and O–H groups in total. The minimum atomic E-state index is -0.577. The van der Waals surface area contributed by atoms with Gasteiger partial charge in [0.25, 0.3) is 5.56 Å². The zero-order valence-electron chi connectivity index (χ0n) is 9.23. The number of aromatic nitrogens is 1. The molecule has 18 heavy (non-hydrogen) atoms. The second kappa shape index (κ2) is 5.15. The highest BCUT2D eigenvalue weighted by atomic mass is 79.9. The fourth-order valence-electron chi connectivity index (χ4n) is 1.60. The van der Waals surface area contributed by atoms with Gasteiger partial charge in [-0.3, -0.25) is 4.79 Å². The summed E-state index contributed by atoms with van der Waals surface area (Å²) in [7, 11) is 0. The first-order valence-corrected chi connectivity index (χ1v) is 5.95. The molecule has 0 bridgehead atoms. The molecule has 0 aliphatic carbocycles. The first kappa shape index (κ1) is 12.5. The van der Waals surface area contributed by atoms with Crippen molar-refractivity contribution in [3.63, 3.8) is 0 Å². The van der Waals surface area contributed by atoms with Gasteiger partial charge in [0.15, 0.2) is 0 Å². The molecule has 0 fully saturated rings. The Bertz CT molecular complexity index is 688. The number of halogens is 2. The van der Waals surface area contributed by atoms with Crippen LogP contribution in [0.25, 0.3) is 0 Å². The van der Waals surface area contributed by atoms with Gasteiger partial charge in [-0.05, 0) is 34.1 Å².